The number of benzene rings is 1. The molecular weight excluding hydrogens is 350 g/mol. The van der Waals surface area contributed by atoms with Crippen molar-refractivity contribution in [3.05, 3.63) is 61.7 Å². The third kappa shape index (κ3) is 3.31. The number of carbonyl (C=O) groups is 1. The Morgan fingerprint density at radius 3 is 2.75 bits per heavy atom. The summed E-state index contributed by atoms with van der Waals surface area (Å²) in [5, 5.41) is 13.8. The van der Waals surface area contributed by atoms with Gasteiger partial charge in [0.1, 0.15) is 5.82 Å². The van der Waals surface area contributed by atoms with Crippen molar-refractivity contribution < 1.29 is 9.72 Å². The number of aromatic nitrogens is 1. The lowest BCUT2D eigenvalue weighted by Gasteiger charge is -2.05. The molecule has 2 aromatic rings. The fraction of sp³-hybridized carbons (Fsp3) is 0. The van der Waals surface area contributed by atoms with Crippen molar-refractivity contribution in [2.45, 2.75) is 0 Å². The zero-order chi connectivity index (χ0) is 14.7. The lowest BCUT2D eigenvalue weighted by atomic mass is 10.2. The highest BCUT2D eigenvalue weighted by molar-refractivity contribution is 9.10. The number of anilines is 1. The Kier molecular flexibility index (Phi) is 4.31. The van der Waals surface area contributed by atoms with E-state index >= 15 is 0 Å². The van der Waals surface area contributed by atoms with Gasteiger partial charge in [-0.05, 0) is 40.2 Å². The van der Waals surface area contributed by atoms with E-state index in [4.69, 9.17) is 11.6 Å². The van der Waals surface area contributed by atoms with Gasteiger partial charge >= 0.3 is 0 Å². The first-order chi connectivity index (χ1) is 9.47. The van der Waals surface area contributed by atoms with Gasteiger partial charge in [-0.3, -0.25) is 14.9 Å². The first kappa shape index (κ1) is 14.4. The minimum atomic E-state index is -0.571. The molecule has 1 aromatic heterocycles. The van der Waals surface area contributed by atoms with E-state index in [1.54, 1.807) is 6.07 Å². The van der Waals surface area contributed by atoms with Crippen molar-refractivity contribution in [1.82, 2.24) is 4.98 Å². The topological polar surface area (TPSA) is 85.1 Å². The third-order valence-electron chi connectivity index (χ3n) is 2.37. The molecule has 0 bridgehead atoms. The number of hydrogen-bond donors (Lipinski definition) is 1. The molecule has 0 aliphatic rings. The minimum absolute atomic E-state index is 0.154. The molecule has 20 heavy (non-hydrogen) atoms. The van der Waals surface area contributed by atoms with Gasteiger partial charge in [-0.1, -0.05) is 11.6 Å². The van der Waals surface area contributed by atoms with Crippen LogP contribution in [0.2, 0.25) is 5.02 Å². The summed E-state index contributed by atoms with van der Waals surface area (Å²) in [6.45, 7) is 0. The Hall–Kier alpha value is -1.99. The van der Waals surface area contributed by atoms with Crippen molar-refractivity contribution in [3.63, 3.8) is 0 Å². The summed E-state index contributed by atoms with van der Waals surface area (Å²) in [5.41, 5.74) is -0.0293. The molecule has 0 spiro atoms. The van der Waals surface area contributed by atoms with Crippen molar-refractivity contribution in [2.75, 3.05) is 5.32 Å². The van der Waals surface area contributed by atoms with Crippen LogP contribution in [0.1, 0.15) is 10.4 Å². The summed E-state index contributed by atoms with van der Waals surface area (Å²) in [6.07, 6.45) is 1.45. The summed E-state index contributed by atoms with van der Waals surface area (Å²) in [6, 6.07) is 7.15. The Morgan fingerprint density at radius 1 is 1.35 bits per heavy atom. The van der Waals surface area contributed by atoms with Gasteiger partial charge in [0, 0.05) is 22.8 Å². The van der Waals surface area contributed by atoms with Crippen molar-refractivity contribution in [3.8, 4) is 0 Å². The van der Waals surface area contributed by atoms with E-state index in [-0.39, 0.29) is 17.1 Å². The number of pyridine rings is 1. The monoisotopic (exact) mass is 355 g/mol. The highest BCUT2D eigenvalue weighted by Crippen LogP contribution is 2.26. The van der Waals surface area contributed by atoms with E-state index in [0.29, 0.717) is 9.50 Å². The molecule has 0 fully saturated rings. The minimum Gasteiger partial charge on any atom is -0.307 e. The molecule has 2 rings (SSSR count). The van der Waals surface area contributed by atoms with E-state index in [9.17, 15) is 14.9 Å². The predicted molar refractivity (Wildman–Crippen MR) is 78.0 cm³/mol. The highest BCUT2D eigenvalue weighted by Gasteiger charge is 2.16. The number of carbonyl (C=O) groups excluding carboxylic acids is 1. The van der Waals surface area contributed by atoms with Gasteiger partial charge in [-0.25, -0.2) is 4.98 Å². The molecule has 6 nitrogen and oxygen atoms in total. The van der Waals surface area contributed by atoms with E-state index < -0.39 is 10.8 Å². The molecule has 0 atom stereocenters. The first-order valence-corrected chi connectivity index (χ1v) is 6.51. The summed E-state index contributed by atoms with van der Waals surface area (Å²) < 4.78 is 0.305. The fourth-order valence-electron chi connectivity index (χ4n) is 1.46. The smallest absolute Gasteiger partial charge is 0.284 e. The van der Waals surface area contributed by atoms with Crippen LogP contribution >= 0.6 is 27.5 Å². The molecule has 0 saturated carbocycles. The van der Waals surface area contributed by atoms with E-state index in [1.807, 2.05) is 0 Å². The number of rotatable bonds is 3. The number of hydrogen-bond acceptors (Lipinski definition) is 4. The Labute approximate surface area is 127 Å². The summed E-state index contributed by atoms with van der Waals surface area (Å²) in [5.74, 6) is -0.233. The molecule has 1 N–H and O–H groups in total. The standard InChI is InChI=1S/C12H7BrClN3O3/c13-9-2-1-7(5-10(9)17(19)20)12(18)16-11-6-8(14)3-4-15-11/h1-6H,(H,15,16,18). The normalized spacial score (nSPS) is 10.1. The summed E-state index contributed by atoms with van der Waals surface area (Å²) >= 11 is 8.83. The number of nitro benzene ring substituents is 1. The second-order valence-corrected chi connectivity index (χ2v) is 5.03. The molecule has 1 aromatic carbocycles. The highest BCUT2D eigenvalue weighted by atomic mass is 79.9. The zero-order valence-electron chi connectivity index (χ0n) is 9.84. The molecule has 0 radical (unpaired) electrons. The number of halogens is 2. The molecule has 0 aliphatic heterocycles. The molecule has 0 aliphatic carbocycles. The number of nitrogens with zero attached hydrogens (tertiary/aromatic N) is 2. The van der Waals surface area contributed by atoms with Crippen LogP contribution in [0.25, 0.3) is 0 Å². The van der Waals surface area contributed by atoms with Crippen LogP contribution < -0.4 is 5.32 Å². The average molecular weight is 357 g/mol. The van der Waals surface area contributed by atoms with Gasteiger partial charge in [0.2, 0.25) is 0 Å². The molecule has 102 valence electrons. The van der Waals surface area contributed by atoms with Crippen LogP contribution in [0.4, 0.5) is 11.5 Å². The van der Waals surface area contributed by atoms with E-state index in [2.05, 4.69) is 26.2 Å². The van der Waals surface area contributed by atoms with Crippen LogP contribution in [0.3, 0.4) is 0 Å². The number of amides is 1. The Balaban J connectivity index is 2.26. The van der Waals surface area contributed by atoms with Gasteiger partial charge in [0.25, 0.3) is 11.6 Å². The Bertz CT molecular complexity index is 693. The maximum Gasteiger partial charge on any atom is 0.284 e. The van der Waals surface area contributed by atoms with Gasteiger partial charge in [-0.15, -0.1) is 0 Å². The zero-order valence-corrected chi connectivity index (χ0v) is 12.2. The van der Waals surface area contributed by atoms with Gasteiger partial charge in [-0.2, -0.15) is 0 Å². The lowest BCUT2D eigenvalue weighted by molar-refractivity contribution is -0.385. The molecular formula is C12H7BrClN3O3. The predicted octanol–water partition coefficient (Wildman–Crippen LogP) is 3.66. The number of nitrogens with one attached hydrogen (secondary N) is 1. The fourth-order valence-corrected chi connectivity index (χ4v) is 2.01. The molecule has 1 heterocycles. The quantitative estimate of drug-likeness (QED) is 0.672. The lowest BCUT2D eigenvalue weighted by Crippen LogP contribution is -2.13. The molecule has 0 saturated heterocycles. The maximum atomic E-state index is 12.0. The summed E-state index contributed by atoms with van der Waals surface area (Å²) in [7, 11) is 0. The third-order valence-corrected chi connectivity index (χ3v) is 3.27. The number of nitro groups is 1. The second-order valence-electron chi connectivity index (χ2n) is 3.74. The largest absolute Gasteiger partial charge is 0.307 e. The van der Waals surface area contributed by atoms with Crippen LogP contribution in [-0.4, -0.2) is 15.8 Å². The second kappa shape index (κ2) is 5.98. The SMILES string of the molecule is O=C(Nc1cc(Cl)ccn1)c1ccc(Br)c([N+](=O)[O-])c1. The van der Waals surface area contributed by atoms with Crippen LogP contribution in [0.5, 0.6) is 0 Å². The van der Waals surface area contributed by atoms with E-state index in [1.165, 1.54) is 30.5 Å². The van der Waals surface area contributed by atoms with Gasteiger partial charge < -0.3 is 5.32 Å². The first-order valence-electron chi connectivity index (χ1n) is 5.34. The van der Waals surface area contributed by atoms with E-state index in [0.717, 1.165) is 0 Å². The van der Waals surface area contributed by atoms with Crippen LogP contribution in [-0.2, 0) is 0 Å². The van der Waals surface area contributed by atoms with Crippen molar-refractivity contribution >= 4 is 44.9 Å². The average Bonchev–Trinajstić information content (AvgIpc) is 2.38. The van der Waals surface area contributed by atoms with Crippen LogP contribution in [0, 0.1) is 10.1 Å². The van der Waals surface area contributed by atoms with Crippen molar-refractivity contribution in [2.24, 2.45) is 0 Å². The van der Waals surface area contributed by atoms with Gasteiger partial charge in [0.05, 0.1) is 9.40 Å². The Morgan fingerprint density at radius 2 is 2.10 bits per heavy atom. The van der Waals surface area contributed by atoms with Crippen LogP contribution in [0.15, 0.2) is 41.0 Å². The maximum absolute atomic E-state index is 12.0. The van der Waals surface area contributed by atoms with Crippen molar-refractivity contribution in [1.29, 1.82) is 0 Å². The molecule has 0 unspecified atom stereocenters. The molecule has 1 amide bonds. The van der Waals surface area contributed by atoms with Gasteiger partial charge in [0.15, 0.2) is 0 Å². The molecule has 8 heteroatoms. The summed E-state index contributed by atoms with van der Waals surface area (Å²) in [4.78, 5) is 26.1.